The molecule has 0 spiro atoms. The molecule has 1 unspecified atom stereocenters. The topological polar surface area (TPSA) is 59.0 Å². The summed E-state index contributed by atoms with van der Waals surface area (Å²) >= 11 is 0. The van der Waals surface area contributed by atoms with Crippen LogP contribution in [0.1, 0.15) is 24.2 Å². The first-order chi connectivity index (χ1) is 8.15. The molecule has 0 aliphatic carbocycles. The van der Waals surface area contributed by atoms with Crippen molar-refractivity contribution in [2.24, 2.45) is 0 Å². The average Bonchev–Trinajstić information content (AvgIpc) is 2.58. The molecule has 1 amide bonds. The maximum atomic E-state index is 11.8. The molecule has 17 heavy (non-hydrogen) atoms. The van der Waals surface area contributed by atoms with Gasteiger partial charge >= 0.3 is 0 Å². The first-order valence-corrected chi connectivity index (χ1v) is 6.16. The van der Waals surface area contributed by atoms with Gasteiger partial charge in [-0.15, -0.1) is 0 Å². The van der Waals surface area contributed by atoms with Crippen molar-refractivity contribution >= 4 is 5.91 Å². The maximum absolute atomic E-state index is 11.8. The summed E-state index contributed by atoms with van der Waals surface area (Å²) in [4.78, 5) is 11.8. The molecule has 2 N–H and O–H groups in total. The minimum absolute atomic E-state index is 0.0462. The Morgan fingerprint density at radius 3 is 3.06 bits per heavy atom. The monoisotopic (exact) mass is 236 g/mol. The van der Waals surface area contributed by atoms with Gasteiger partial charge in [0.05, 0.1) is 5.69 Å². The van der Waals surface area contributed by atoms with Crippen molar-refractivity contribution < 1.29 is 4.79 Å². The van der Waals surface area contributed by atoms with E-state index in [-0.39, 0.29) is 11.9 Å². The third-order valence-electron chi connectivity index (χ3n) is 3.06. The van der Waals surface area contributed by atoms with Crippen molar-refractivity contribution in [2.75, 3.05) is 13.1 Å². The molecule has 0 saturated carbocycles. The van der Waals surface area contributed by atoms with E-state index in [0.717, 1.165) is 37.3 Å². The second kappa shape index (κ2) is 5.31. The first-order valence-electron chi connectivity index (χ1n) is 6.16. The molecule has 5 nitrogen and oxygen atoms in total. The molecule has 5 heteroatoms. The minimum Gasteiger partial charge on any atom is -0.350 e. The SMILES string of the molecule is Cc1cc(C)n(CC(=O)NC2CCCNC2)n1. The lowest BCUT2D eigenvalue weighted by atomic mass is 10.1. The van der Waals surface area contributed by atoms with Crippen LogP contribution in [0.4, 0.5) is 0 Å². The number of amides is 1. The molecule has 0 aromatic carbocycles. The summed E-state index contributed by atoms with van der Waals surface area (Å²) in [6, 6.07) is 2.25. The van der Waals surface area contributed by atoms with E-state index in [1.54, 1.807) is 4.68 Å². The van der Waals surface area contributed by atoms with Gasteiger partial charge in [-0.05, 0) is 39.3 Å². The van der Waals surface area contributed by atoms with Gasteiger partial charge in [-0.3, -0.25) is 9.48 Å². The molecule has 1 fully saturated rings. The number of aromatic nitrogens is 2. The zero-order valence-corrected chi connectivity index (χ0v) is 10.5. The zero-order chi connectivity index (χ0) is 12.3. The minimum atomic E-state index is 0.0462. The Hall–Kier alpha value is -1.36. The lowest BCUT2D eigenvalue weighted by Crippen LogP contribution is -2.46. The third-order valence-corrected chi connectivity index (χ3v) is 3.06. The number of aryl methyl sites for hydroxylation is 2. The summed E-state index contributed by atoms with van der Waals surface area (Å²) in [5.41, 5.74) is 1.98. The predicted octanol–water partition coefficient (Wildman–Crippen LogP) is 0.368. The van der Waals surface area contributed by atoms with Crippen LogP contribution in [-0.4, -0.2) is 34.8 Å². The number of carbonyl (C=O) groups excluding carboxylic acids is 1. The van der Waals surface area contributed by atoms with E-state index < -0.39 is 0 Å². The van der Waals surface area contributed by atoms with Crippen LogP contribution in [0.3, 0.4) is 0 Å². The fourth-order valence-corrected chi connectivity index (χ4v) is 2.22. The molecule has 2 rings (SSSR count). The van der Waals surface area contributed by atoms with Crippen LogP contribution in [0.5, 0.6) is 0 Å². The Kier molecular flexibility index (Phi) is 3.78. The second-order valence-electron chi connectivity index (χ2n) is 4.70. The fourth-order valence-electron chi connectivity index (χ4n) is 2.22. The molecule has 2 heterocycles. The summed E-state index contributed by atoms with van der Waals surface area (Å²) in [7, 11) is 0. The molecule has 1 aliphatic rings. The van der Waals surface area contributed by atoms with Crippen molar-refractivity contribution in [1.82, 2.24) is 20.4 Å². The highest BCUT2D eigenvalue weighted by Crippen LogP contribution is 2.03. The van der Waals surface area contributed by atoms with Gasteiger partial charge in [0.25, 0.3) is 0 Å². The molecule has 94 valence electrons. The standard InChI is InChI=1S/C12H20N4O/c1-9-6-10(2)16(15-9)8-12(17)14-11-4-3-5-13-7-11/h6,11,13H,3-5,7-8H2,1-2H3,(H,14,17). The van der Waals surface area contributed by atoms with Gasteiger partial charge in [0.15, 0.2) is 0 Å². The summed E-state index contributed by atoms with van der Waals surface area (Å²) in [6.45, 7) is 6.16. The maximum Gasteiger partial charge on any atom is 0.242 e. The van der Waals surface area contributed by atoms with Crippen LogP contribution >= 0.6 is 0 Å². The summed E-state index contributed by atoms with van der Waals surface area (Å²) in [5.74, 6) is 0.0462. The van der Waals surface area contributed by atoms with E-state index >= 15 is 0 Å². The third kappa shape index (κ3) is 3.30. The molecule has 1 aromatic heterocycles. The van der Waals surface area contributed by atoms with E-state index in [2.05, 4.69) is 15.7 Å². The Morgan fingerprint density at radius 2 is 2.47 bits per heavy atom. The fraction of sp³-hybridized carbons (Fsp3) is 0.667. The summed E-state index contributed by atoms with van der Waals surface area (Å²) < 4.78 is 1.75. The number of hydrogen-bond acceptors (Lipinski definition) is 3. The highest BCUT2D eigenvalue weighted by Gasteiger charge is 2.15. The largest absolute Gasteiger partial charge is 0.350 e. The molecular formula is C12H20N4O. The Labute approximate surface area is 102 Å². The van der Waals surface area contributed by atoms with Crippen LogP contribution in [0.25, 0.3) is 0 Å². The van der Waals surface area contributed by atoms with Crippen molar-refractivity contribution in [3.8, 4) is 0 Å². The van der Waals surface area contributed by atoms with E-state index in [1.807, 2.05) is 19.9 Å². The molecular weight excluding hydrogens is 216 g/mol. The quantitative estimate of drug-likeness (QED) is 0.797. The first kappa shape index (κ1) is 12.1. The average molecular weight is 236 g/mol. The van der Waals surface area contributed by atoms with Crippen molar-refractivity contribution in [2.45, 2.75) is 39.3 Å². The van der Waals surface area contributed by atoms with E-state index in [4.69, 9.17) is 0 Å². The second-order valence-corrected chi connectivity index (χ2v) is 4.70. The van der Waals surface area contributed by atoms with Crippen LogP contribution in [0.15, 0.2) is 6.07 Å². The number of nitrogens with one attached hydrogen (secondary N) is 2. The Balaban J connectivity index is 1.86. The van der Waals surface area contributed by atoms with Crippen molar-refractivity contribution in [1.29, 1.82) is 0 Å². The van der Waals surface area contributed by atoms with E-state index in [9.17, 15) is 4.79 Å². The van der Waals surface area contributed by atoms with Crippen molar-refractivity contribution in [3.05, 3.63) is 17.5 Å². The number of rotatable bonds is 3. The van der Waals surface area contributed by atoms with Gasteiger partial charge < -0.3 is 10.6 Å². The van der Waals surface area contributed by atoms with Crippen molar-refractivity contribution in [3.63, 3.8) is 0 Å². The molecule has 0 bridgehead atoms. The van der Waals surface area contributed by atoms with E-state index in [1.165, 1.54) is 0 Å². The molecule has 1 saturated heterocycles. The van der Waals surface area contributed by atoms with Crippen LogP contribution in [0, 0.1) is 13.8 Å². The van der Waals surface area contributed by atoms with Crippen LogP contribution in [0.2, 0.25) is 0 Å². The summed E-state index contributed by atoms with van der Waals surface area (Å²) in [6.07, 6.45) is 2.20. The number of piperidine rings is 1. The Morgan fingerprint density at radius 1 is 1.65 bits per heavy atom. The number of nitrogens with zero attached hydrogens (tertiary/aromatic N) is 2. The van der Waals surface area contributed by atoms with Crippen LogP contribution < -0.4 is 10.6 Å². The van der Waals surface area contributed by atoms with Crippen LogP contribution in [-0.2, 0) is 11.3 Å². The van der Waals surface area contributed by atoms with Gasteiger partial charge in [0.1, 0.15) is 6.54 Å². The lowest BCUT2D eigenvalue weighted by Gasteiger charge is -2.23. The lowest BCUT2D eigenvalue weighted by molar-refractivity contribution is -0.122. The molecule has 1 aromatic rings. The van der Waals surface area contributed by atoms with E-state index in [0.29, 0.717) is 6.54 Å². The van der Waals surface area contributed by atoms with Gasteiger partial charge in [0, 0.05) is 18.3 Å². The number of carbonyl (C=O) groups is 1. The normalized spacial score (nSPS) is 20.2. The summed E-state index contributed by atoms with van der Waals surface area (Å²) in [5, 5.41) is 10.6. The zero-order valence-electron chi connectivity index (χ0n) is 10.5. The molecule has 1 atom stereocenters. The molecule has 0 radical (unpaired) electrons. The van der Waals surface area contributed by atoms with Gasteiger partial charge in [-0.25, -0.2) is 0 Å². The smallest absolute Gasteiger partial charge is 0.242 e. The molecule has 1 aliphatic heterocycles. The predicted molar refractivity (Wildman–Crippen MR) is 65.7 cm³/mol. The highest BCUT2D eigenvalue weighted by molar-refractivity contribution is 5.76. The number of hydrogen-bond donors (Lipinski definition) is 2. The Bertz CT molecular complexity index is 393. The van der Waals surface area contributed by atoms with Gasteiger partial charge in [0.2, 0.25) is 5.91 Å². The van der Waals surface area contributed by atoms with Gasteiger partial charge in [-0.2, -0.15) is 5.10 Å². The van der Waals surface area contributed by atoms with Gasteiger partial charge in [-0.1, -0.05) is 0 Å². The highest BCUT2D eigenvalue weighted by atomic mass is 16.2.